The summed E-state index contributed by atoms with van der Waals surface area (Å²) in [6.45, 7) is 2.16. The first-order valence-electron chi connectivity index (χ1n) is 14.0. The summed E-state index contributed by atoms with van der Waals surface area (Å²) in [7, 11) is 0. The van der Waals surface area contributed by atoms with Crippen LogP contribution in [0.4, 0.5) is 8.78 Å². The van der Waals surface area contributed by atoms with Gasteiger partial charge in [0.1, 0.15) is 17.4 Å². The number of piperidine rings is 1. The Morgan fingerprint density at radius 1 is 0.923 bits per heavy atom. The normalized spacial score (nSPS) is 22.2. The van der Waals surface area contributed by atoms with E-state index in [4.69, 9.17) is 27.9 Å². The van der Waals surface area contributed by atoms with Crippen LogP contribution >= 0.6 is 35.6 Å². The van der Waals surface area contributed by atoms with Crippen molar-refractivity contribution >= 4 is 41.5 Å². The van der Waals surface area contributed by atoms with E-state index in [9.17, 15) is 4.79 Å². The van der Waals surface area contributed by atoms with Gasteiger partial charge in [-0.15, -0.1) is 12.4 Å². The van der Waals surface area contributed by atoms with Crippen molar-refractivity contribution in [3.05, 3.63) is 51.5 Å². The van der Waals surface area contributed by atoms with E-state index < -0.39 is 11.6 Å². The average Bonchev–Trinajstić information content (AvgIpc) is 3.27. The van der Waals surface area contributed by atoms with Gasteiger partial charge in [-0.1, -0.05) is 48.9 Å². The van der Waals surface area contributed by atoms with Crippen LogP contribution < -0.4 is 10.1 Å². The zero-order valence-corrected chi connectivity index (χ0v) is 24.5. The number of ether oxygens (including phenoxy) is 1. The molecule has 2 atom stereocenters. The second-order valence-corrected chi connectivity index (χ2v) is 11.8. The van der Waals surface area contributed by atoms with Crippen LogP contribution in [0.15, 0.2) is 24.3 Å². The van der Waals surface area contributed by atoms with Crippen molar-refractivity contribution in [2.45, 2.75) is 82.7 Å². The average molecular weight is 602 g/mol. The number of amides is 1. The molecule has 0 bridgehead atoms. The molecule has 0 aromatic heterocycles. The van der Waals surface area contributed by atoms with E-state index in [0.717, 1.165) is 45.2 Å². The van der Waals surface area contributed by atoms with E-state index in [1.54, 1.807) is 0 Å². The number of carbonyl (C=O) groups excluding carboxylic acids is 1. The Morgan fingerprint density at radius 2 is 1.59 bits per heavy atom. The van der Waals surface area contributed by atoms with Crippen LogP contribution in [0.25, 0.3) is 11.1 Å². The summed E-state index contributed by atoms with van der Waals surface area (Å²) in [5.41, 5.74) is 0.721. The number of benzene rings is 2. The minimum atomic E-state index is -0.732. The van der Waals surface area contributed by atoms with Gasteiger partial charge < -0.3 is 15.0 Å². The molecule has 3 aliphatic rings. The first kappa shape index (κ1) is 30.4. The van der Waals surface area contributed by atoms with Crippen LogP contribution in [0.1, 0.15) is 69.8 Å². The summed E-state index contributed by atoms with van der Waals surface area (Å²) < 4.78 is 35.8. The Hall–Kier alpha value is -1.60. The van der Waals surface area contributed by atoms with Crippen molar-refractivity contribution in [1.29, 1.82) is 0 Å². The van der Waals surface area contributed by atoms with Crippen molar-refractivity contribution < 1.29 is 18.3 Å². The highest BCUT2D eigenvalue weighted by molar-refractivity contribution is 6.36. The quantitative estimate of drug-likeness (QED) is 0.333. The van der Waals surface area contributed by atoms with E-state index in [0.29, 0.717) is 40.7 Å². The zero-order chi connectivity index (χ0) is 26.6. The number of nitrogens with zero attached hydrogens (tertiary/aromatic N) is 1. The lowest BCUT2D eigenvalue weighted by atomic mass is 9.93. The molecular formula is C30H37Cl3F2N2O2. The maximum atomic E-state index is 15.1. The molecule has 2 heterocycles. The van der Waals surface area contributed by atoms with Gasteiger partial charge in [0.15, 0.2) is 0 Å². The Bertz CT molecular complexity index is 1110. The highest BCUT2D eigenvalue weighted by atomic mass is 35.5. The molecule has 1 N–H and O–H groups in total. The maximum absolute atomic E-state index is 15.1. The molecule has 214 valence electrons. The van der Waals surface area contributed by atoms with Crippen molar-refractivity contribution in [2.24, 2.45) is 5.92 Å². The molecule has 2 aliphatic heterocycles. The summed E-state index contributed by atoms with van der Waals surface area (Å²) >= 11 is 13.2. The predicted octanol–water partition coefficient (Wildman–Crippen LogP) is 8.00. The standard InChI is InChI=1S/C30H36Cl2F2N2O2.ClH/c31-25-15-20(29-27(33)17-23(18-28(29)34)38-13-10-21-6-4-5-11-35-21)16-26(32)24(25)14-19-9-12-36(30(19)37)22-7-2-1-3-8-22;/h15-19,21-22,35H,1-14H2;1H. The number of carbonyl (C=O) groups is 1. The third kappa shape index (κ3) is 7.19. The van der Waals surface area contributed by atoms with Crippen LogP contribution in [0, 0.1) is 17.6 Å². The molecule has 1 amide bonds. The monoisotopic (exact) mass is 600 g/mol. The number of likely N-dealkylation sites (tertiary alicyclic amines) is 1. The van der Waals surface area contributed by atoms with Gasteiger partial charge in [0.2, 0.25) is 5.91 Å². The molecule has 2 aromatic rings. The Balaban J connectivity index is 0.00000353. The van der Waals surface area contributed by atoms with Crippen LogP contribution in [0.3, 0.4) is 0 Å². The first-order chi connectivity index (χ1) is 18.4. The van der Waals surface area contributed by atoms with Gasteiger partial charge >= 0.3 is 0 Å². The van der Waals surface area contributed by atoms with Gasteiger partial charge in [0.05, 0.1) is 12.2 Å². The molecule has 2 aromatic carbocycles. The second-order valence-electron chi connectivity index (χ2n) is 11.0. The van der Waals surface area contributed by atoms with E-state index >= 15 is 8.78 Å². The first-order valence-corrected chi connectivity index (χ1v) is 14.8. The third-order valence-electron chi connectivity index (χ3n) is 8.41. The summed E-state index contributed by atoms with van der Waals surface area (Å²) in [6.07, 6.45) is 11.2. The molecule has 0 spiro atoms. The Morgan fingerprint density at radius 3 is 2.23 bits per heavy atom. The largest absolute Gasteiger partial charge is 0.493 e. The number of hydrogen-bond acceptors (Lipinski definition) is 3. The number of nitrogens with one attached hydrogen (secondary N) is 1. The summed E-state index contributed by atoms with van der Waals surface area (Å²) in [5.74, 6) is -1.31. The van der Waals surface area contributed by atoms with Gasteiger partial charge in [-0.05, 0) is 74.8 Å². The van der Waals surface area contributed by atoms with Crippen LogP contribution in [-0.2, 0) is 11.2 Å². The van der Waals surface area contributed by atoms with Gasteiger partial charge in [-0.2, -0.15) is 0 Å². The zero-order valence-electron chi connectivity index (χ0n) is 22.1. The Kier molecular flexibility index (Phi) is 10.8. The molecule has 3 fully saturated rings. The van der Waals surface area contributed by atoms with Crippen molar-refractivity contribution in [1.82, 2.24) is 10.2 Å². The van der Waals surface area contributed by atoms with Crippen molar-refractivity contribution in [2.75, 3.05) is 19.7 Å². The molecule has 5 rings (SSSR count). The highest BCUT2D eigenvalue weighted by Gasteiger charge is 2.36. The van der Waals surface area contributed by atoms with Crippen LogP contribution in [0.5, 0.6) is 5.75 Å². The van der Waals surface area contributed by atoms with Crippen molar-refractivity contribution in [3.8, 4) is 16.9 Å². The fraction of sp³-hybridized carbons (Fsp3) is 0.567. The fourth-order valence-corrected chi connectivity index (χ4v) is 6.94. The summed E-state index contributed by atoms with van der Waals surface area (Å²) in [5, 5.41) is 4.07. The highest BCUT2D eigenvalue weighted by Crippen LogP contribution is 2.38. The Labute approximate surface area is 246 Å². The van der Waals surface area contributed by atoms with E-state index in [1.165, 1.54) is 56.4 Å². The predicted molar refractivity (Wildman–Crippen MR) is 155 cm³/mol. The fourth-order valence-electron chi connectivity index (χ4n) is 6.29. The van der Waals surface area contributed by atoms with Gasteiger partial charge in [-0.25, -0.2) is 8.78 Å². The molecule has 9 heteroatoms. The minimum absolute atomic E-state index is 0. The van der Waals surface area contributed by atoms with E-state index in [1.807, 2.05) is 4.90 Å². The van der Waals surface area contributed by atoms with Gasteiger partial charge in [0, 0.05) is 46.7 Å². The SMILES string of the molecule is Cl.O=C1C(Cc2c(Cl)cc(-c3c(F)cc(OCCC4CCCCN4)cc3F)cc2Cl)CCN1C1CCCCC1. The molecule has 1 saturated carbocycles. The van der Waals surface area contributed by atoms with Crippen LogP contribution in [0.2, 0.25) is 10.0 Å². The molecule has 2 saturated heterocycles. The molecule has 2 unspecified atom stereocenters. The lowest BCUT2D eigenvalue weighted by Crippen LogP contribution is -2.39. The molecular weight excluding hydrogens is 565 g/mol. The van der Waals surface area contributed by atoms with Gasteiger partial charge in [-0.3, -0.25) is 4.79 Å². The minimum Gasteiger partial charge on any atom is -0.493 e. The maximum Gasteiger partial charge on any atom is 0.226 e. The number of halogens is 5. The lowest BCUT2D eigenvalue weighted by Gasteiger charge is -2.31. The number of rotatable bonds is 8. The molecule has 39 heavy (non-hydrogen) atoms. The lowest BCUT2D eigenvalue weighted by molar-refractivity contribution is -0.133. The van der Waals surface area contributed by atoms with Crippen LogP contribution in [-0.4, -0.2) is 42.6 Å². The second kappa shape index (κ2) is 13.8. The third-order valence-corrected chi connectivity index (χ3v) is 9.08. The summed E-state index contributed by atoms with van der Waals surface area (Å²) in [6, 6.07) is 6.22. The topological polar surface area (TPSA) is 41.6 Å². The smallest absolute Gasteiger partial charge is 0.226 e. The number of hydrogen-bond donors (Lipinski definition) is 1. The molecule has 4 nitrogen and oxygen atoms in total. The molecule has 1 aliphatic carbocycles. The summed E-state index contributed by atoms with van der Waals surface area (Å²) in [4.78, 5) is 15.2. The van der Waals surface area contributed by atoms with Crippen molar-refractivity contribution in [3.63, 3.8) is 0 Å². The molecule has 0 radical (unpaired) electrons. The van der Waals surface area contributed by atoms with E-state index in [2.05, 4.69) is 5.32 Å². The van der Waals surface area contributed by atoms with E-state index in [-0.39, 0.29) is 41.1 Å². The van der Waals surface area contributed by atoms with Gasteiger partial charge in [0.25, 0.3) is 0 Å².